The number of amides is 2. The van der Waals surface area contributed by atoms with Crippen LogP contribution in [0.25, 0.3) is 0 Å². The minimum Gasteiger partial charge on any atom is -0.339 e. The Labute approximate surface area is 167 Å². The molecular weight excluding hydrogens is 380 g/mol. The summed E-state index contributed by atoms with van der Waals surface area (Å²) in [4.78, 5) is 26.8. The highest BCUT2D eigenvalue weighted by Crippen LogP contribution is 2.30. The minimum atomic E-state index is -0.0978. The average Bonchev–Trinajstić information content (AvgIpc) is 3.14. The maximum atomic E-state index is 12.5. The number of thioether (sulfide) groups is 1. The van der Waals surface area contributed by atoms with Crippen LogP contribution >= 0.6 is 23.1 Å². The van der Waals surface area contributed by atoms with E-state index in [1.807, 2.05) is 35.2 Å². The van der Waals surface area contributed by atoms with Gasteiger partial charge in [-0.3, -0.25) is 9.59 Å². The first-order valence-corrected chi connectivity index (χ1v) is 10.9. The lowest BCUT2D eigenvalue weighted by molar-refractivity contribution is -0.121. The summed E-state index contributed by atoms with van der Waals surface area (Å²) in [5, 5.41) is 12.1. The van der Waals surface area contributed by atoms with Crippen molar-refractivity contribution in [3.8, 4) is 0 Å². The van der Waals surface area contributed by atoms with E-state index >= 15 is 0 Å². The topological polar surface area (TPSA) is 75.2 Å². The maximum Gasteiger partial charge on any atom is 0.253 e. The number of piperidine rings is 1. The van der Waals surface area contributed by atoms with E-state index in [9.17, 15) is 9.59 Å². The number of nitrogens with zero attached hydrogens (tertiary/aromatic N) is 3. The number of nitrogens with one attached hydrogen (secondary N) is 1. The van der Waals surface area contributed by atoms with Crippen LogP contribution in [0.5, 0.6) is 0 Å². The van der Waals surface area contributed by atoms with Gasteiger partial charge < -0.3 is 10.2 Å². The molecule has 1 aromatic heterocycles. The van der Waals surface area contributed by atoms with Gasteiger partial charge in [-0.05, 0) is 31.4 Å². The normalized spacial score (nSPS) is 16.1. The molecule has 27 heavy (non-hydrogen) atoms. The van der Waals surface area contributed by atoms with Crippen LogP contribution in [0.3, 0.4) is 0 Å². The number of hydrogen-bond donors (Lipinski definition) is 1. The second-order valence-electron chi connectivity index (χ2n) is 6.63. The summed E-state index contributed by atoms with van der Waals surface area (Å²) in [7, 11) is 0. The Bertz CT molecular complexity index is 773. The summed E-state index contributed by atoms with van der Waals surface area (Å²) in [6, 6.07) is 9.28. The number of carbonyl (C=O) groups excluding carboxylic acids is 2. The van der Waals surface area contributed by atoms with Crippen molar-refractivity contribution < 1.29 is 9.59 Å². The quantitative estimate of drug-likeness (QED) is 0.583. The van der Waals surface area contributed by atoms with Gasteiger partial charge in [0.2, 0.25) is 11.0 Å². The molecule has 1 saturated heterocycles. The second kappa shape index (κ2) is 9.32. The number of rotatable bonds is 6. The van der Waals surface area contributed by atoms with E-state index in [0.29, 0.717) is 41.9 Å². The second-order valence-corrected chi connectivity index (χ2v) is 9.29. The van der Waals surface area contributed by atoms with Gasteiger partial charge in [0, 0.05) is 29.8 Å². The third kappa shape index (κ3) is 5.29. The molecule has 1 atom stereocenters. The molecule has 1 fully saturated rings. The van der Waals surface area contributed by atoms with Crippen molar-refractivity contribution in [1.82, 2.24) is 15.1 Å². The van der Waals surface area contributed by atoms with Gasteiger partial charge in [0.1, 0.15) is 0 Å². The summed E-state index contributed by atoms with van der Waals surface area (Å²) >= 11 is 3.09. The molecule has 0 spiro atoms. The molecule has 0 unspecified atom stereocenters. The molecule has 0 aliphatic carbocycles. The Morgan fingerprint density at radius 2 is 1.96 bits per heavy atom. The number of hydrogen-bond acceptors (Lipinski definition) is 6. The van der Waals surface area contributed by atoms with Gasteiger partial charge in [-0.2, -0.15) is 0 Å². The lowest BCUT2D eigenvalue weighted by Gasteiger charge is -2.31. The third-order valence-electron chi connectivity index (χ3n) is 4.69. The lowest BCUT2D eigenvalue weighted by atomic mass is 9.95. The summed E-state index contributed by atoms with van der Waals surface area (Å²) in [5.41, 5.74) is 0.695. The molecule has 0 radical (unpaired) electrons. The average molecular weight is 405 g/mol. The van der Waals surface area contributed by atoms with E-state index in [0.717, 1.165) is 10.8 Å². The maximum absolute atomic E-state index is 12.5. The fraction of sp³-hybridized carbons (Fsp3) is 0.474. The zero-order chi connectivity index (χ0) is 19.2. The third-order valence-corrected chi connectivity index (χ3v) is 6.88. The van der Waals surface area contributed by atoms with Crippen LogP contribution in [0.1, 0.15) is 43.5 Å². The predicted molar refractivity (Wildman–Crippen MR) is 109 cm³/mol. The molecule has 2 amide bonds. The summed E-state index contributed by atoms with van der Waals surface area (Å²) in [6.07, 6.45) is 2.39. The van der Waals surface area contributed by atoms with Gasteiger partial charge in [0.05, 0.1) is 0 Å². The van der Waals surface area contributed by atoms with E-state index in [1.165, 1.54) is 11.3 Å². The fourth-order valence-electron chi connectivity index (χ4n) is 2.88. The van der Waals surface area contributed by atoms with Crippen LogP contribution in [0.4, 0.5) is 5.13 Å². The molecule has 3 rings (SSSR count). The summed E-state index contributed by atoms with van der Waals surface area (Å²) in [6.45, 7) is 5.47. The van der Waals surface area contributed by atoms with Crippen molar-refractivity contribution in [3.63, 3.8) is 0 Å². The molecule has 2 aromatic rings. The van der Waals surface area contributed by atoms with Crippen LogP contribution in [0.15, 0.2) is 34.7 Å². The molecule has 1 N–H and O–H groups in total. The Hall–Kier alpha value is -1.93. The van der Waals surface area contributed by atoms with Crippen molar-refractivity contribution in [3.05, 3.63) is 35.9 Å². The molecule has 2 heterocycles. The van der Waals surface area contributed by atoms with E-state index < -0.39 is 0 Å². The highest BCUT2D eigenvalue weighted by Gasteiger charge is 2.28. The monoisotopic (exact) mass is 404 g/mol. The number of aromatic nitrogens is 2. The Morgan fingerprint density at radius 1 is 1.26 bits per heavy atom. The number of carbonyl (C=O) groups is 2. The number of likely N-dealkylation sites (tertiary alicyclic amines) is 1. The molecule has 6 nitrogen and oxygen atoms in total. The largest absolute Gasteiger partial charge is 0.339 e. The molecule has 144 valence electrons. The predicted octanol–water partition coefficient (Wildman–Crippen LogP) is 3.92. The van der Waals surface area contributed by atoms with Gasteiger partial charge in [-0.15, -0.1) is 10.2 Å². The van der Waals surface area contributed by atoms with Crippen LogP contribution in [-0.2, 0) is 4.79 Å². The van der Waals surface area contributed by atoms with Crippen LogP contribution in [0, 0.1) is 5.92 Å². The first-order chi connectivity index (χ1) is 13.1. The van der Waals surface area contributed by atoms with Crippen molar-refractivity contribution in [2.45, 2.75) is 42.7 Å². The van der Waals surface area contributed by atoms with E-state index in [-0.39, 0.29) is 17.7 Å². The van der Waals surface area contributed by atoms with E-state index in [4.69, 9.17) is 0 Å². The summed E-state index contributed by atoms with van der Waals surface area (Å²) < 4.78 is 0.878. The molecule has 1 aliphatic heterocycles. The molecule has 1 aromatic carbocycles. The van der Waals surface area contributed by atoms with Gasteiger partial charge in [-0.25, -0.2) is 0 Å². The Kier molecular flexibility index (Phi) is 6.84. The first kappa shape index (κ1) is 19.8. The number of benzene rings is 1. The Balaban J connectivity index is 1.49. The summed E-state index contributed by atoms with van der Waals surface area (Å²) in [5.74, 6) is -0.0947. The van der Waals surface area contributed by atoms with Gasteiger partial charge >= 0.3 is 0 Å². The molecule has 8 heteroatoms. The van der Waals surface area contributed by atoms with Gasteiger partial charge in [-0.1, -0.05) is 55.1 Å². The highest BCUT2D eigenvalue weighted by atomic mass is 32.2. The zero-order valence-corrected chi connectivity index (χ0v) is 17.2. The molecule has 1 aliphatic rings. The highest BCUT2D eigenvalue weighted by molar-refractivity contribution is 8.01. The standard InChI is InChI=1S/C19H24N4O2S2/c1-3-13(2)26-19-22-21-18(27-19)20-16(24)14-9-11-23(12-10-14)17(25)15-7-5-4-6-8-15/h4-8,13-14H,3,9-12H2,1-2H3,(H,20,21,24)/t13-/m0/s1. The van der Waals surface area contributed by atoms with Crippen LogP contribution in [-0.4, -0.2) is 45.3 Å². The first-order valence-electron chi connectivity index (χ1n) is 9.22. The van der Waals surface area contributed by atoms with Gasteiger partial charge in [0.15, 0.2) is 4.34 Å². The van der Waals surface area contributed by atoms with Gasteiger partial charge in [0.25, 0.3) is 5.91 Å². The van der Waals surface area contributed by atoms with Crippen molar-refractivity contribution in [2.24, 2.45) is 5.92 Å². The molecular formula is C19H24N4O2S2. The van der Waals surface area contributed by atoms with Crippen molar-refractivity contribution >= 4 is 40.0 Å². The SMILES string of the molecule is CC[C@H](C)Sc1nnc(NC(=O)C2CCN(C(=O)c3ccccc3)CC2)s1. The van der Waals surface area contributed by atoms with Crippen molar-refractivity contribution in [1.29, 1.82) is 0 Å². The van der Waals surface area contributed by atoms with Crippen molar-refractivity contribution in [2.75, 3.05) is 18.4 Å². The van der Waals surface area contributed by atoms with E-state index in [2.05, 4.69) is 29.4 Å². The van der Waals surface area contributed by atoms with E-state index in [1.54, 1.807) is 11.8 Å². The van der Waals surface area contributed by atoms with Crippen LogP contribution < -0.4 is 5.32 Å². The Morgan fingerprint density at radius 3 is 2.63 bits per heavy atom. The molecule has 0 bridgehead atoms. The zero-order valence-electron chi connectivity index (χ0n) is 15.6. The minimum absolute atomic E-state index is 0.0296. The fourth-order valence-corrected chi connectivity index (χ4v) is 4.88. The lowest BCUT2D eigenvalue weighted by Crippen LogP contribution is -2.41. The van der Waals surface area contributed by atoms with Crippen LogP contribution in [0.2, 0.25) is 0 Å². The smallest absolute Gasteiger partial charge is 0.253 e. The molecule has 0 saturated carbocycles. The number of anilines is 1.